The normalized spacial score (nSPS) is 35.7. The highest BCUT2D eigenvalue weighted by atomic mass is 32.1. The molecule has 3 atom stereocenters. The fourth-order valence-electron chi connectivity index (χ4n) is 3.66. The minimum absolute atomic E-state index is 0.00157. The van der Waals surface area contributed by atoms with Crippen molar-refractivity contribution in [3.8, 4) is 0 Å². The zero-order valence-corrected chi connectivity index (χ0v) is 12.4. The molecular weight excluding hydrogens is 242 g/mol. The molecule has 1 fully saturated rings. The van der Waals surface area contributed by atoms with Crippen molar-refractivity contribution in [3.63, 3.8) is 0 Å². The van der Waals surface area contributed by atoms with Crippen molar-refractivity contribution < 1.29 is 4.74 Å². The maximum atomic E-state index is 6.30. The topological polar surface area (TPSA) is 21.3 Å². The molecule has 18 heavy (non-hydrogen) atoms. The molecule has 0 bridgehead atoms. The van der Waals surface area contributed by atoms with Gasteiger partial charge in [0.2, 0.25) is 0 Å². The van der Waals surface area contributed by atoms with Crippen LogP contribution in [0.2, 0.25) is 0 Å². The molecule has 1 aromatic rings. The van der Waals surface area contributed by atoms with Crippen LogP contribution in [0.15, 0.2) is 6.07 Å². The lowest BCUT2D eigenvalue weighted by molar-refractivity contribution is -0.0953. The van der Waals surface area contributed by atoms with Crippen molar-refractivity contribution in [3.05, 3.63) is 21.4 Å². The molecule has 1 N–H and O–H groups in total. The average Bonchev–Trinajstić information content (AvgIpc) is 2.72. The predicted octanol–water partition coefficient (Wildman–Crippen LogP) is 3.24. The van der Waals surface area contributed by atoms with Crippen LogP contribution in [-0.2, 0) is 23.2 Å². The van der Waals surface area contributed by atoms with Gasteiger partial charge in [0, 0.05) is 28.3 Å². The number of rotatable bonds is 1. The Hall–Kier alpha value is -0.380. The number of ether oxygens (including phenoxy) is 1. The number of aryl methyl sites for hydroxylation is 1. The van der Waals surface area contributed by atoms with Gasteiger partial charge in [0.15, 0.2) is 0 Å². The first-order chi connectivity index (χ1) is 8.63. The first kappa shape index (κ1) is 12.6. The van der Waals surface area contributed by atoms with Crippen LogP contribution in [-0.4, -0.2) is 18.7 Å². The fourth-order valence-corrected chi connectivity index (χ4v) is 4.84. The Bertz CT molecular complexity index is 430. The van der Waals surface area contributed by atoms with Crippen LogP contribution >= 0.6 is 11.3 Å². The Morgan fingerprint density at radius 1 is 1.39 bits per heavy atom. The minimum atomic E-state index is 0.00157. The van der Waals surface area contributed by atoms with Crippen LogP contribution in [0.1, 0.15) is 48.9 Å². The standard InChI is InChI=1S/C15H23NOS/c1-4-12-7-13-14(18-12)5-6-17-15(13)8-10(2)16-11(3)9-15/h7,10-11,16H,4-6,8-9H2,1-3H3/t10-,11+,15-. The second-order valence-corrected chi connectivity index (χ2v) is 7.09. The van der Waals surface area contributed by atoms with Gasteiger partial charge >= 0.3 is 0 Å². The molecule has 0 saturated carbocycles. The van der Waals surface area contributed by atoms with E-state index < -0.39 is 0 Å². The molecule has 1 aromatic heterocycles. The van der Waals surface area contributed by atoms with Gasteiger partial charge in [-0.3, -0.25) is 0 Å². The summed E-state index contributed by atoms with van der Waals surface area (Å²) in [5.74, 6) is 0. The summed E-state index contributed by atoms with van der Waals surface area (Å²) in [7, 11) is 0. The summed E-state index contributed by atoms with van der Waals surface area (Å²) in [6.45, 7) is 7.71. The summed E-state index contributed by atoms with van der Waals surface area (Å²) in [4.78, 5) is 3.10. The summed E-state index contributed by atoms with van der Waals surface area (Å²) < 4.78 is 6.30. The van der Waals surface area contributed by atoms with Crippen molar-refractivity contribution in [1.29, 1.82) is 0 Å². The van der Waals surface area contributed by atoms with Gasteiger partial charge in [-0.15, -0.1) is 11.3 Å². The SMILES string of the molecule is CCc1cc2c(s1)CCO[C@@]21C[C@@H](C)N[C@@H](C)C1. The summed E-state index contributed by atoms with van der Waals surface area (Å²) >= 11 is 2.00. The Labute approximate surface area is 114 Å². The van der Waals surface area contributed by atoms with E-state index in [1.807, 2.05) is 11.3 Å². The fraction of sp³-hybridized carbons (Fsp3) is 0.733. The van der Waals surface area contributed by atoms with E-state index in [0.717, 1.165) is 32.3 Å². The maximum Gasteiger partial charge on any atom is 0.0971 e. The van der Waals surface area contributed by atoms with Crippen LogP contribution in [0.3, 0.4) is 0 Å². The number of hydrogen-bond donors (Lipinski definition) is 1. The van der Waals surface area contributed by atoms with Crippen molar-refractivity contribution in [2.24, 2.45) is 0 Å². The summed E-state index contributed by atoms with van der Waals surface area (Å²) in [5.41, 5.74) is 1.51. The molecule has 1 spiro atoms. The molecule has 3 heterocycles. The molecule has 0 aromatic carbocycles. The van der Waals surface area contributed by atoms with E-state index in [0.29, 0.717) is 12.1 Å². The van der Waals surface area contributed by atoms with Crippen LogP contribution in [0.25, 0.3) is 0 Å². The Morgan fingerprint density at radius 3 is 2.78 bits per heavy atom. The lowest BCUT2D eigenvalue weighted by atomic mass is 9.77. The average molecular weight is 265 g/mol. The van der Waals surface area contributed by atoms with Crippen molar-refractivity contribution >= 4 is 11.3 Å². The van der Waals surface area contributed by atoms with E-state index in [-0.39, 0.29) is 5.60 Å². The van der Waals surface area contributed by atoms with Gasteiger partial charge in [0.25, 0.3) is 0 Å². The number of fused-ring (bicyclic) bond motifs is 2. The molecule has 1 saturated heterocycles. The maximum absolute atomic E-state index is 6.30. The molecule has 0 aliphatic carbocycles. The third kappa shape index (κ3) is 2.02. The lowest BCUT2D eigenvalue weighted by Crippen LogP contribution is -2.52. The van der Waals surface area contributed by atoms with Gasteiger partial charge < -0.3 is 10.1 Å². The quantitative estimate of drug-likeness (QED) is 0.841. The van der Waals surface area contributed by atoms with Crippen molar-refractivity contribution in [2.75, 3.05) is 6.61 Å². The molecule has 3 rings (SSSR count). The zero-order chi connectivity index (χ0) is 12.8. The highest BCUT2D eigenvalue weighted by Gasteiger charge is 2.44. The Balaban J connectivity index is 2.00. The highest BCUT2D eigenvalue weighted by Crippen LogP contribution is 2.45. The van der Waals surface area contributed by atoms with Gasteiger partial charge in [-0.2, -0.15) is 0 Å². The lowest BCUT2D eigenvalue weighted by Gasteiger charge is -2.45. The predicted molar refractivity (Wildman–Crippen MR) is 76.3 cm³/mol. The Kier molecular flexibility index (Phi) is 3.25. The molecule has 2 aliphatic heterocycles. The minimum Gasteiger partial charge on any atom is -0.370 e. The first-order valence-electron chi connectivity index (χ1n) is 7.15. The van der Waals surface area contributed by atoms with E-state index in [9.17, 15) is 0 Å². The van der Waals surface area contributed by atoms with Crippen LogP contribution in [0.4, 0.5) is 0 Å². The van der Waals surface area contributed by atoms with E-state index in [4.69, 9.17) is 4.74 Å². The van der Waals surface area contributed by atoms with Gasteiger partial charge in [0.1, 0.15) is 0 Å². The van der Waals surface area contributed by atoms with Gasteiger partial charge in [-0.05, 0) is 44.7 Å². The third-order valence-electron chi connectivity index (χ3n) is 4.25. The molecule has 0 radical (unpaired) electrons. The van der Waals surface area contributed by atoms with E-state index in [2.05, 4.69) is 32.2 Å². The third-order valence-corrected chi connectivity index (χ3v) is 5.59. The Morgan fingerprint density at radius 2 is 2.11 bits per heavy atom. The first-order valence-corrected chi connectivity index (χ1v) is 7.96. The zero-order valence-electron chi connectivity index (χ0n) is 11.6. The molecule has 3 heteroatoms. The summed E-state index contributed by atoms with van der Waals surface area (Å²) in [5, 5.41) is 3.63. The second kappa shape index (κ2) is 4.62. The van der Waals surface area contributed by atoms with Crippen LogP contribution < -0.4 is 5.32 Å². The summed E-state index contributed by atoms with van der Waals surface area (Å²) in [6, 6.07) is 3.51. The highest BCUT2D eigenvalue weighted by molar-refractivity contribution is 7.12. The van der Waals surface area contributed by atoms with Crippen molar-refractivity contribution in [2.45, 2.75) is 64.1 Å². The van der Waals surface area contributed by atoms with Gasteiger partial charge in [-0.25, -0.2) is 0 Å². The monoisotopic (exact) mass is 265 g/mol. The molecule has 2 aliphatic rings. The van der Waals surface area contributed by atoms with E-state index in [1.54, 1.807) is 4.88 Å². The van der Waals surface area contributed by atoms with Gasteiger partial charge in [0.05, 0.1) is 12.2 Å². The van der Waals surface area contributed by atoms with Crippen LogP contribution in [0.5, 0.6) is 0 Å². The molecule has 0 amide bonds. The molecule has 100 valence electrons. The van der Waals surface area contributed by atoms with Crippen molar-refractivity contribution in [1.82, 2.24) is 5.32 Å². The van der Waals surface area contributed by atoms with E-state index in [1.165, 1.54) is 10.4 Å². The number of piperidine rings is 1. The molecular formula is C15H23NOS. The summed E-state index contributed by atoms with van der Waals surface area (Å²) in [6.07, 6.45) is 4.49. The van der Waals surface area contributed by atoms with Crippen LogP contribution in [0, 0.1) is 0 Å². The number of thiophene rings is 1. The smallest absolute Gasteiger partial charge is 0.0971 e. The molecule has 0 unspecified atom stereocenters. The van der Waals surface area contributed by atoms with E-state index >= 15 is 0 Å². The second-order valence-electron chi connectivity index (χ2n) is 5.87. The molecule has 2 nitrogen and oxygen atoms in total. The number of hydrogen-bond acceptors (Lipinski definition) is 3. The van der Waals surface area contributed by atoms with Gasteiger partial charge in [-0.1, -0.05) is 6.92 Å². The largest absolute Gasteiger partial charge is 0.370 e. The number of nitrogens with one attached hydrogen (secondary N) is 1.